The van der Waals surface area contributed by atoms with Crippen LogP contribution in [0.2, 0.25) is 0 Å². The largest absolute Gasteiger partial charge is 0.354 e. The molecule has 1 unspecified atom stereocenters. The first-order chi connectivity index (χ1) is 13.9. The maximum absolute atomic E-state index is 12.6. The number of amides is 3. The molecule has 0 aliphatic heterocycles. The molecule has 0 spiro atoms. The van der Waals surface area contributed by atoms with Gasteiger partial charge in [-0.2, -0.15) is 0 Å². The first-order valence-corrected chi connectivity index (χ1v) is 10.8. The molecule has 1 aromatic rings. The zero-order valence-corrected chi connectivity index (χ0v) is 17.9. The highest BCUT2D eigenvalue weighted by Crippen LogP contribution is 2.23. The Morgan fingerprint density at radius 3 is 2.31 bits per heavy atom. The van der Waals surface area contributed by atoms with E-state index in [1.807, 2.05) is 39.0 Å². The molecule has 0 saturated heterocycles. The van der Waals surface area contributed by atoms with E-state index in [9.17, 15) is 14.4 Å². The van der Waals surface area contributed by atoms with Crippen LogP contribution in [0.1, 0.15) is 68.3 Å². The minimum atomic E-state index is -0.601. The van der Waals surface area contributed by atoms with E-state index < -0.39 is 6.04 Å². The number of benzene rings is 1. The van der Waals surface area contributed by atoms with E-state index in [4.69, 9.17) is 0 Å². The van der Waals surface area contributed by atoms with Gasteiger partial charge >= 0.3 is 0 Å². The van der Waals surface area contributed by atoms with Gasteiger partial charge in [0.1, 0.15) is 6.04 Å². The third-order valence-electron chi connectivity index (χ3n) is 5.42. The Hall–Kier alpha value is -2.37. The number of nitrogens with one attached hydrogen (secondary N) is 3. The van der Waals surface area contributed by atoms with Gasteiger partial charge in [-0.25, -0.2) is 0 Å². The van der Waals surface area contributed by atoms with E-state index in [1.54, 1.807) is 6.07 Å². The molecule has 1 fully saturated rings. The normalized spacial score (nSPS) is 15.6. The lowest BCUT2D eigenvalue weighted by molar-refractivity contribution is -0.126. The van der Waals surface area contributed by atoms with Gasteiger partial charge in [0, 0.05) is 24.6 Å². The molecule has 29 heavy (non-hydrogen) atoms. The first-order valence-electron chi connectivity index (χ1n) is 10.8. The SMILES string of the molecule is Cc1ccccc1C(=O)NC(CC(C)C)C(=O)NCCNC(=O)C1CCCCC1. The summed E-state index contributed by atoms with van der Waals surface area (Å²) in [7, 11) is 0. The summed E-state index contributed by atoms with van der Waals surface area (Å²) in [6, 6.07) is 6.73. The smallest absolute Gasteiger partial charge is 0.252 e. The lowest BCUT2D eigenvalue weighted by Crippen LogP contribution is -2.49. The van der Waals surface area contributed by atoms with Crippen LogP contribution < -0.4 is 16.0 Å². The average molecular weight is 402 g/mol. The van der Waals surface area contributed by atoms with Crippen LogP contribution in [-0.4, -0.2) is 36.9 Å². The fraction of sp³-hybridized carbons (Fsp3) is 0.609. The molecular formula is C23H35N3O3. The number of carbonyl (C=O) groups excluding carboxylic acids is 3. The van der Waals surface area contributed by atoms with Crippen LogP contribution in [0.15, 0.2) is 24.3 Å². The van der Waals surface area contributed by atoms with Crippen molar-refractivity contribution in [2.24, 2.45) is 11.8 Å². The predicted octanol–water partition coefficient (Wildman–Crippen LogP) is 2.95. The van der Waals surface area contributed by atoms with Gasteiger partial charge in [0.05, 0.1) is 0 Å². The molecule has 1 aromatic carbocycles. The Morgan fingerprint density at radius 2 is 1.66 bits per heavy atom. The summed E-state index contributed by atoms with van der Waals surface area (Å²) in [5.41, 5.74) is 1.45. The average Bonchev–Trinajstić information content (AvgIpc) is 2.71. The summed E-state index contributed by atoms with van der Waals surface area (Å²) >= 11 is 0. The third kappa shape index (κ3) is 7.52. The fourth-order valence-corrected chi connectivity index (χ4v) is 3.77. The van der Waals surface area contributed by atoms with Crippen LogP contribution in [-0.2, 0) is 9.59 Å². The predicted molar refractivity (Wildman–Crippen MR) is 114 cm³/mol. The van der Waals surface area contributed by atoms with E-state index >= 15 is 0 Å². The molecule has 6 heteroatoms. The molecule has 1 saturated carbocycles. The van der Waals surface area contributed by atoms with Gasteiger partial charge in [-0.15, -0.1) is 0 Å². The van der Waals surface area contributed by atoms with Crippen molar-refractivity contribution in [1.29, 1.82) is 0 Å². The number of hydrogen-bond donors (Lipinski definition) is 3. The molecule has 0 aromatic heterocycles. The van der Waals surface area contributed by atoms with Gasteiger partial charge in [0.2, 0.25) is 11.8 Å². The van der Waals surface area contributed by atoms with E-state index in [0.29, 0.717) is 25.1 Å². The number of aryl methyl sites for hydroxylation is 1. The molecule has 1 aliphatic carbocycles. The molecule has 1 atom stereocenters. The highest BCUT2D eigenvalue weighted by molar-refractivity contribution is 5.98. The van der Waals surface area contributed by atoms with Gasteiger partial charge in [0.25, 0.3) is 5.91 Å². The lowest BCUT2D eigenvalue weighted by Gasteiger charge is -2.22. The van der Waals surface area contributed by atoms with Crippen molar-refractivity contribution < 1.29 is 14.4 Å². The summed E-state index contributed by atoms with van der Waals surface area (Å²) in [4.78, 5) is 37.4. The van der Waals surface area contributed by atoms with Gasteiger partial charge < -0.3 is 16.0 Å². The maximum Gasteiger partial charge on any atom is 0.252 e. The van der Waals surface area contributed by atoms with Crippen LogP contribution >= 0.6 is 0 Å². The highest BCUT2D eigenvalue weighted by Gasteiger charge is 2.23. The van der Waals surface area contributed by atoms with E-state index in [1.165, 1.54) is 6.42 Å². The second-order valence-corrected chi connectivity index (χ2v) is 8.39. The van der Waals surface area contributed by atoms with Crippen molar-refractivity contribution >= 4 is 17.7 Å². The first kappa shape index (κ1) is 22.9. The van der Waals surface area contributed by atoms with Gasteiger partial charge in [-0.1, -0.05) is 51.3 Å². The molecule has 0 bridgehead atoms. The Bertz CT molecular complexity index is 696. The van der Waals surface area contributed by atoms with Gasteiger partial charge in [-0.3, -0.25) is 14.4 Å². The van der Waals surface area contributed by atoms with E-state index in [2.05, 4.69) is 16.0 Å². The Balaban J connectivity index is 1.82. The topological polar surface area (TPSA) is 87.3 Å². The summed E-state index contributed by atoms with van der Waals surface area (Å²) in [5.74, 6) is 0.00283. The van der Waals surface area contributed by atoms with E-state index in [0.717, 1.165) is 31.2 Å². The second-order valence-electron chi connectivity index (χ2n) is 8.39. The Morgan fingerprint density at radius 1 is 1.00 bits per heavy atom. The number of hydrogen-bond acceptors (Lipinski definition) is 3. The maximum atomic E-state index is 12.6. The molecule has 0 radical (unpaired) electrons. The van der Waals surface area contributed by atoms with Crippen molar-refractivity contribution in [3.05, 3.63) is 35.4 Å². The van der Waals surface area contributed by atoms with Crippen LogP contribution in [0.25, 0.3) is 0 Å². The lowest BCUT2D eigenvalue weighted by atomic mass is 9.89. The monoisotopic (exact) mass is 401 g/mol. The zero-order chi connectivity index (χ0) is 21.2. The van der Waals surface area contributed by atoms with E-state index in [-0.39, 0.29) is 29.6 Å². The minimum Gasteiger partial charge on any atom is -0.354 e. The summed E-state index contributed by atoms with van der Waals surface area (Å²) in [5, 5.41) is 8.64. The van der Waals surface area contributed by atoms with Crippen LogP contribution in [0.3, 0.4) is 0 Å². The van der Waals surface area contributed by atoms with Crippen molar-refractivity contribution in [2.45, 2.75) is 65.3 Å². The quantitative estimate of drug-likeness (QED) is 0.556. The Labute approximate surface area is 174 Å². The summed E-state index contributed by atoms with van der Waals surface area (Å²) in [6.45, 7) is 6.67. The van der Waals surface area contributed by atoms with Crippen molar-refractivity contribution in [2.75, 3.05) is 13.1 Å². The molecule has 6 nitrogen and oxygen atoms in total. The number of carbonyl (C=O) groups is 3. The molecule has 3 amide bonds. The molecular weight excluding hydrogens is 366 g/mol. The summed E-state index contributed by atoms with van der Waals surface area (Å²) in [6.07, 6.45) is 5.92. The summed E-state index contributed by atoms with van der Waals surface area (Å²) < 4.78 is 0. The Kier molecular flexibility index (Phi) is 9.16. The van der Waals surface area contributed by atoms with Crippen molar-refractivity contribution in [3.8, 4) is 0 Å². The van der Waals surface area contributed by atoms with Crippen molar-refractivity contribution in [3.63, 3.8) is 0 Å². The van der Waals surface area contributed by atoms with Crippen molar-refractivity contribution in [1.82, 2.24) is 16.0 Å². The van der Waals surface area contributed by atoms with Gasteiger partial charge in [0.15, 0.2) is 0 Å². The third-order valence-corrected chi connectivity index (χ3v) is 5.42. The minimum absolute atomic E-state index is 0.0885. The number of rotatable bonds is 9. The fourth-order valence-electron chi connectivity index (χ4n) is 3.77. The molecule has 1 aliphatic rings. The van der Waals surface area contributed by atoms with Crippen LogP contribution in [0.5, 0.6) is 0 Å². The zero-order valence-electron chi connectivity index (χ0n) is 17.9. The van der Waals surface area contributed by atoms with Crippen LogP contribution in [0, 0.1) is 18.8 Å². The van der Waals surface area contributed by atoms with Crippen LogP contribution in [0.4, 0.5) is 0 Å². The second kappa shape index (κ2) is 11.6. The standard InChI is InChI=1S/C23H35N3O3/c1-16(2)15-20(26-22(28)19-12-8-7-9-17(19)3)23(29)25-14-13-24-21(27)18-10-5-4-6-11-18/h7-9,12,16,18,20H,4-6,10-11,13-15H2,1-3H3,(H,24,27)(H,25,29)(H,26,28). The molecule has 2 rings (SSSR count). The molecule has 160 valence electrons. The molecule has 3 N–H and O–H groups in total. The molecule has 0 heterocycles. The highest BCUT2D eigenvalue weighted by atomic mass is 16.2. The van der Waals surface area contributed by atoms with Gasteiger partial charge in [-0.05, 0) is 43.7 Å².